The molecule has 21 heavy (non-hydrogen) atoms. The summed E-state index contributed by atoms with van der Waals surface area (Å²) in [5.74, 6) is 0.213. The number of rotatable bonds is 5. The molecule has 0 aromatic heterocycles. The van der Waals surface area contributed by atoms with Gasteiger partial charge in [0.2, 0.25) is 5.91 Å². The minimum absolute atomic E-state index is 0.00662. The third-order valence-electron chi connectivity index (χ3n) is 3.13. The number of phenols is 1. The normalized spacial score (nSPS) is 10.4. The third kappa shape index (κ3) is 4.24. The zero-order chi connectivity index (χ0) is 15.2. The van der Waals surface area contributed by atoms with Gasteiger partial charge < -0.3 is 15.7 Å². The smallest absolute Gasteiger partial charge is 0.226 e. The number of aromatic hydroxyl groups is 1. The van der Waals surface area contributed by atoms with Gasteiger partial charge in [-0.3, -0.25) is 4.79 Å². The molecule has 0 heterocycles. The highest BCUT2D eigenvalue weighted by molar-refractivity contribution is 5.92. The summed E-state index contributed by atoms with van der Waals surface area (Å²) in [6.45, 7) is 4.24. The van der Waals surface area contributed by atoms with Crippen LogP contribution in [0.3, 0.4) is 0 Å². The minimum atomic E-state index is -0.0529. The van der Waals surface area contributed by atoms with Crippen molar-refractivity contribution in [3.63, 3.8) is 0 Å². The molecule has 0 saturated carbocycles. The fourth-order valence-corrected chi connectivity index (χ4v) is 1.85. The summed E-state index contributed by atoms with van der Waals surface area (Å²) < 4.78 is 0. The van der Waals surface area contributed by atoms with Crippen LogP contribution in [0.2, 0.25) is 0 Å². The van der Waals surface area contributed by atoms with E-state index in [1.54, 1.807) is 12.1 Å². The number of nitrogens with one attached hydrogen (secondary N) is 2. The van der Waals surface area contributed by atoms with Gasteiger partial charge in [0.25, 0.3) is 0 Å². The van der Waals surface area contributed by atoms with Crippen LogP contribution in [0.4, 0.5) is 11.4 Å². The Morgan fingerprint density at radius 2 is 1.81 bits per heavy atom. The van der Waals surface area contributed by atoms with Gasteiger partial charge in [-0.25, -0.2) is 0 Å². The Labute approximate surface area is 124 Å². The standard InChI is InChI=1S/C17H20N2O2/c1-12(2)17(21)19-15-8-5-7-14(10-15)18-11-13-6-3-4-9-16(13)20/h3-10,12,18,20H,11H2,1-2H3,(H,19,21). The van der Waals surface area contributed by atoms with Gasteiger partial charge in [-0.1, -0.05) is 38.1 Å². The van der Waals surface area contributed by atoms with Crippen LogP contribution in [0.1, 0.15) is 19.4 Å². The van der Waals surface area contributed by atoms with Crippen molar-refractivity contribution in [3.05, 3.63) is 54.1 Å². The summed E-state index contributed by atoms with van der Waals surface area (Å²) in [5, 5.41) is 15.8. The molecule has 0 spiro atoms. The maximum atomic E-state index is 11.7. The van der Waals surface area contributed by atoms with E-state index in [4.69, 9.17) is 0 Å². The number of hydrogen-bond donors (Lipinski definition) is 3. The Kier molecular flexibility index (Phi) is 4.82. The van der Waals surface area contributed by atoms with Gasteiger partial charge >= 0.3 is 0 Å². The van der Waals surface area contributed by atoms with Gasteiger partial charge in [0.15, 0.2) is 0 Å². The molecule has 0 aliphatic rings. The molecule has 0 bridgehead atoms. The number of benzene rings is 2. The van der Waals surface area contributed by atoms with Gasteiger partial charge in [-0.15, -0.1) is 0 Å². The number of phenolic OH excluding ortho intramolecular Hbond substituents is 1. The van der Waals surface area contributed by atoms with Crippen LogP contribution in [-0.2, 0) is 11.3 Å². The molecule has 2 aromatic carbocycles. The van der Waals surface area contributed by atoms with Gasteiger partial charge in [0.1, 0.15) is 5.75 Å². The molecule has 0 unspecified atom stereocenters. The van der Waals surface area contributed by atoms with E-state index < -0.39 is 0 Å². The number of amides is 1. The Bertz CT molecular complexity index is 624. The molecule has 0 fully saturated rings. The number of carbonyl (C=O) groups is 1. The molecule has 0 saturated heterocycles. The minimum Gasteiger partial charge on any atom is -0.508 e. The fraction of sp³-hybridized carbons (Fsp3) is 0.235. The first kappa shape index (κ1) is 14.9. The molecule has 1 amide bonds. The second kappa shape index (κ2) is 6.79. The van der Waals surface area contributed by atoms with E-state index in [0.29, 0.717) is 6.54 Å². The Hall–Kier alpha value is -2.49. The van der Waals surface area contributed by atoms with Crippen LogP contribution in [0.25, 0.3) is 0 Å². The lowest BCUT2D eigenvalue weighted by atomic mass is 10.2. The number of anilines is 2. The van der Waals surface area contributed by atoms with E-state index >= 15 is 0 Å². The molecule has 0 aliphatic heterocycles. The summed E-state index contributed by atoms with van der Waals surface area (Å²) in [7, 11) is 0. The number of hydrogen-bond acceptors (Lipinski definition) is 3. The van der Waals surface area contributed by atoms with Gasteiger partial charge in [-0.05, 0) is 24.3 Å². The Morgan fingerprint density at radius 1 is 1.10 bits per heavy atom. The third-order valence-corrected chi connectivity index (χ3v) is 3.13. The fourth-order valence-electron chi connectivity index (χ4n) is 1.85. The maximum Gasteiger partial charge on any atom is 0.226 e. The molecule has 0 radical (unpaired) electrons. The highest BCUT2D eigenvalue weighted by Crippen LogP contribution is 2.20. The van der Waals surface area contributed by atoms with E-state index in [0.717, 1.165) is 16.9 Å². The Balaban J connectivity index is 2.01. The van der Waals surface area contributed by atoms with Crippen molar-refractivity contribution in [2.24, 2.45) is 5.92 Å². The monoisotopic (exact) mass is 284 g/mol. The van der Waals surface area contributed by atoms with E-state index in [9.17, 15) is 9.90 Å². The molecular weight excluding hydrogens is 264 g/mol. The van der Waals surface area contributed by atoms with Crippen molar-refractivity contribution in [1.82, 2.24) is 0 Å². The first-order chi connectivity index (χ1) is 10.1. The largest absolute Gasteiger partial charge is 0.508 e. The van der Waals surface area contributed by atoms with E-state index in [1.807, 2.05) is 50.2 Å². The predicted octanol–water partition coefficient (Wildman–Crippen LogP) is 3.60. The summed E-state index contributed by atoms with van der Waals surface area (Å²) in [6.07, 6.45) is 0. The molecule has 4 heteroatoms. The molecule has 110 valence electrons. The van der Waals surface area contributed by atoms with Crippen molar-refractivity contribution in [2.75, 3.05) is 10.6 Å². The topological polar surface area (TPSA) is 61.4 Å². The molecule has 4 nitrogen and oxygen atoms in total. The average molecular weight is 284 g/mol. The second-order valence-corrected chi connectivity index (χ2v) is 5.21. The number of para-hydroxylation sites is 1. The van der Waals surface area contributed by atoms with Crippen LogP contribution in [0.5, 0.6) is 5.75 Å². The van der Waals surface area contributed by atoms with Crippen molar-refractivity contribution in [2.45, 2.75) is 20.4 Å². The van der Waals surface area contributed by atoms with E-state index in [1.165, 1.54) is 0 Å². The van der Waals surface area contributed by atoms with Gasteiger partial charge in [0.05, 0.1) is 0 Å². The van der Waals surface area contributed by atoms with Crippen LogP contribution >= 0.6 is 0 Å². The van der Waals surface area contributed by atoms with Crippen LogP contribution in [0, 0.1) is 5.92 Å². The SMILES string of the molecule is CC(C)C(=O)Nc1cccc(NCc2ccccc2O)c1. The quantitative estimate of drug-likeness (QED) is 0.786. The van der Waals surface area contributed by atoms with Gasteiger partial charge in [0, 0.05) is 29.4 Å². The van der Waals surface area contributed by atoms with Gasteiger partial charge in [-0.2, -0.15) is 0 Å². The molecule has 2 aromatic rings. The van der Waals surface area contributed by atoms with Crippen molar-refractivity contribution in [3.8, 4) is 5.75 Å². The predicted molar refractivity (Wildman–Crippen MR) is 85.3 cm³/mol. The Morgan fingerprint density at radius 3 is 2.52 bits per heavy atom. The van der Waals surface area contributed by atoms with Crippen molar-refractivity contribution >= 4 is 17.3 Å². The summed E-state index contributed by atoms with van der Waals surface area (Å²) in [6, 6.07) is 14.7. The highest BCUT2D eigenvalue weighted by Gasteiger charge is 2.07. The lowest BCUT2D eigenvalue weighted by Gasteiger charge is -2.11. The summed E-state index contributed by atoms with van der Waals surface area (Å²) in [4.78, 5) is 11.7. The highest BCUT2D eigenvalue weighted by atomic mass is 16.3. The van der Waals surface area contributed by atoms with Crippen LogP contribution < -0.4 is 10.6 Å². The molecular formula is C17H20N2O2. The average Bonchev–Trinajstić information content (AvgIpc) is 2.46. The molecule has 0 atom stereocenters. The zero-order valence-electron chi connectivity index (χ0n) is 12.3. The number of carbonyl (C=O) groups excluding carboxylic acids is 1. The van der Waals surface area contributed by atoms with Crippen molar-refractivity contribution < 1.29 is 9.90 Å². The molecule has 2 rings (SSSR count). The maximum absolute atomic E-state index is 11.7. The first-order valence-electron chi connectivity index (χ1n) is 6.98. The lowest BCUT2D eigenvalue weighted by molar-refractivity contribution is -0.118. The zero-order valence-corrected chi connectivity index (χ0v) is 12.3. The van der Waals surface area contributed by atoms with E-state index in [-0.39, 0.29) is 17.6 Å². The van der Waals surface area contributed by atoms with Crippen LogP contribution in [-0.4, -0.2) is 11.0 Å². The summed E-state index contributed by atoms with van der Waals surface area (Å²) >= 11 is 0. The lowest BCUT2D eigenvalue weighted by Crippen LogP contribution is -2.17. The molecule has 0 aliphatic carbocycles. The second-order valence-electron chi connectivity index (χ2n) is 5.21. The first-order valence-corrected chi connectivity index (χ1v) is 6.98. The van der Waals surface area contributed by atoms with Crippen molar-refractivity contribution in [1.29, 1.82) is 0 Å². The molecule has 3 N–H and O–H groups in total. The van der Waals surface area contributed by atoms with E-state index in [2.05, 4.69) is 10.6 Å². The summed E-state index contributed by atoms with van der Waals surface area (Å²) in [5.41, 5.74) is 2.48. The van der Waals surface area contributed by atoms with Crippen LogP contribution in [0.15, 0.2) is 48.5 Å².